The summed E-state index contributed by atoms with van der Waals surface area (Å²) >= 11 is 0. The maximum absolute atomic E-state index is 14.0. The van der Waals surface area contributed by atoms with Gasteiger partial charge in [-0.05, 0) is 41.7 Å². The van der Waals surface area contributed by atoms with E-state index in [1.54, 1.807) is 24.3 Å². The van der Waals surface area contributed by atoms with Crippen molar-refractivity contribution in [2.24, 2.45) is 0 Å². The number of rotatable bonds is 13. The van der Waals surface area contributed by atoms with Gasteiger partial charge < -0.3 is 14.2 Å². The highest BCUT2D eigenvalue weighted by atomic mass is 19.4. The summed E-state index contributed by atoms with van der Waals surface area (Å²) < 4.78 is 222. The van der Waals surface area contributed by atoms with Gasteiger partial charge in [0.2, 0.25) is 0 Å². The first-order valence-electron chi connectivity index (χ1n) is 13.0. The first kappa shape index (κ1) is 39.2. The number of halogens is 16. The number of aryl methyl sites for hydroxylation is 1. The SMILES string of the molecule is CCCCCc1ccc(-c2ccc(OC(COC(F)(C(F)(F)F)C(F)(F)F)COC(C(F)(F)F)(C(F)(F)F)C(F)(F)F)cc2)cc1. The Bertz CT molecular complexity index is 1180. The average Bonchev–Trinajstić information content (AvgIpc) is 2.89. The number of benzene rings is 2. The fraction of sp³-hybridized carbons (Fsp3) is 0.556. The Morgan fingerprint density at radius 3 is 1.33 bits per heavy atom. The van der Waals surface area contributed by atoms with Crippen molar-refractivity contribution >= 4 is 0 Å². The van der Waals surface area contributed by atoms with E-state index < -0.39 is 67.4 Å². The van der Waals surface area contributed by atoms with Gasteiger partial charge in [0.1, 0.15) is 11.9 Å². The molecule has 0 aliphatic rings. The molecule has 0 N–H and O–H groups in total. The van der Waals surface area contributed by atoms with Crippen LogP contribution in [0.25, 0.3) is 11.1 Å². The van der Waals surface area contributed by atoms with Crippen LogP contribution >= 0.6 is 0 Å². The Kier molecular flexibility index (Phi) is 12.0. The molecule has 0 radical (unpaired) electrons. The lowest BCUT2D eigenvalue weighted by Crippen LogP contribution is -2.68. The second-order valence-corrected chi connectivity index (χ2v) is 9.81. The van der Waals surface area contributed by atoms with Crippen LogP contribution in [0, 0.1) is 0 Å². The standard InChI is InChI=1S/C27H24F16O3/c1-2-3-4-5-16-6-8-17(9-7-16)18-10-12-19(13-11-18)46-20(15-45-22(28,26(38,39)40)27(41,42)43)14-44-21(23(29,30)31,24(32,33)34)25(35,36)37/h6-13,20H,2-5,14-15H2,1H3. The van der Waals surface area contributed by atoms with E-state index in [9.17, 15) is 70.2 Å². The van der Waals surface area contributed by atoms with E-state index in [0.29, 0.717) is 11.1 Å². The Balaban J connectivity index is 2.42. The van der Waals surface area contributed by atoms with Crippen molar-refractivity contribution in [1.29, 1.82) is 0 Å². The van der Waals surface area contributed by atoms with Crippen molar-refractivity contribution in [2.75, 3.05) is 13.2 Å². The van der Waals surface area contributed by atoms with Crippen LogP contribution in [0.15, 0.2) is 48.5 Å². The van der Waals surface area contributed by atoms with Gasteiger partial charge in [0.25, 0.3) is 0 Å². The molecule has 2 rings (SSSR count). The molecular formula is C27H24F16O3. The highest BCUT2D eigenvalue weighted by Crippen LogP contribution is 2.55. The molecule has 0 heterocycles. The van der Waals surface area contributed by atoms with Gasteiger partial charge >= 0.3 is 42.3 Å². The highest BCUT2D eigenvalue weighted by Gasteiger charge is 2.85. The summed E-state index contributed by atoms with van der Waals surface area (Å²) in [6, 6.07) is 11.0. The second kappa shape index (κ2) is 14.0. The van der Waals surface area contributed by atoms with Crippen molar-refractivity contribution < 1.29 is 84.5 Å². The molecule has 3 nitrogen and oxygen atoms in total. The third kappa shape index (κ3) is 8.68. The van der Waals surface area contributed by atoms with Crippen molar-refractivity contribution in [3.63, 3.8) is 0 Å². The molecule has 0 aromatic heterocycles. The quantitative estimate of drug-likeness (QED) is 0.154. The molecule has 0 aliphatic heterocycles. The van der Waals surface area contributed by atoms with E-state index in [2.05, 4.69) is 9.47 Å². The monoisotopic (exact) mass is 700 g/mol. The molecule has 0 aliphatic carbocycles. The first-order valence-corrected chi connectivity index (χ1v) is 13.0. The average molecular weight is 700 g/mol. The van der Waals surface area contributed by atoms with Crippen LogP contribution in [0.2, 0.25) is 0 Å². The minimum Gasteiger partial charge on any atom is -0.486 e. The van der Waals surface area contributed by atoms with Crippen LogP contribution in [-0.2, 0) is 15.9 Å². The van der Waals surface area contributed by atoms with Crippen molar-refractivity contribution in [2.45, 2.75) is 81.0 Å². The summed E-state index contributed by atoms with van der Waals surface area (Å²) in [5, 5.41) is 0. The molecule has 19 heteroatoms. The van der Waals surface area contributed by atoms with E-state index in [0.717, 1.165) is 43.4 Å². The summed E-state index contributed by atoms with van der Waals surface area (Å²) in [5.41, 5.74) is -5.05. The summed E-state index contributed by atoms with van der Waals surface area (Å²) in [7, 11) is 0. The van der Waals surface area contributed by atoms with Crippen LogP contribution in [0.3, 0.4) is 0 Å². The molecule has 1 unspecified atom stereocenters. The zero-order chi connectivity index (χ0) is 35.4. The molecular weight excluding hydrogens is 676 g/mol. The lowest BCUT2D eigenvalue weighted by molar-refractivity contribution is -0.460. The zero-order valence-corrected chi connectivity index (χ0v) is 23.2. The molecule has 0 saturated carbocycles. The predicted octanol–water partition coefficient (Wildman–Crippen LogP) is 10.1. The van der Waals surface area contributed by atoms with E-state index in [1.807, 2.05) is 6.92 Å². The van der Waals surface area contributed by atoms with E-state index in [1.165, 1.54) is 12.1 Å². The molecule has 0 saturated heterocycles. The number of unbranched alkanes of at least 4 members (excludes halogenated alkanes) is 2. The first-order chi connectivity index (χ1) is 20.8. The van der Waals surface area contributed by atoms with E-state index in [4.69, 9.17) is 4.74 Å². The molecule has 262 valence electrons. The van der Waals surface area contributed by atoms with Gasteiger partial charge in [0.15, 0.2) is 0 Å². The molecule has 1 atom stereocenters. The van der Waals surface area contributed by atoms with E-state index in [-0.39, 0.29) is 0 Å². The second-order valence-electron chi connectivity index (χ2n) is 9.81. The van der Waals surface area contributed by atoms with Crippen molar-refractivity contribution in [3.8, 4) is 16.9 Å². The van der Waals surface area contributed by atoms with Crippen LogP contribution in [0.5, 0.6) is 5.75 Å². The molecule has 2 aromatic rings. The zero-order valence-electron chi connectivity index (χ0n) is 23.2. The Morgan fingerprint density at radius 1 is 0.522 bits per heavy atom. The Hall–Kier alpha value is -2.96. The molecule has 0 spiro atoms. The minimum absolute atomic E-state index is 0.388. The minimum atomic E-state index is -7.30. The van der Waals surface area contributed by atoms with Crippen molar-refractivity contribution in [1.82, 2.24) is 0 Å². The number of alkyl halides is 16. The number of hydrogen-bond donors (Lipinski definition) is 0. The van der Waals surface area contributed by atoms with Gasteiger partial charge in [-0.3, -0.25) is 0 Å². The molecule has 0 bridgehead atoms. The summed E-state index contributed by atoms with van der Waals surface area (Å²) in [4.78, 5) is 0. The lowest BCUT2D eigenvalue weighted by atomic mass is 10.0. The van der Waals surface area contributed by atoms with Gasteiger partial charge in [-0.25, -0.2) is 0 Å². The third-order valence-electron chi connectivity index (χ3n) is 6.39. The van der Waals surface area contributed by atoms with Crippen LogP contribution in [-0.4, -0.2) is 61.7 Å². The van der Waals surface area contributed by atoms with Gasteiger partial charge in [0, 0.05) is 0 Å². The van der Waals surface area contributed by atoms with Gasteiger partial charge in [-0.1, -0.05) is 56.2 Å². The predicted molar refractivity (Wildman–Crippen MR) is 128 cm³/mol. The summed E-state index contributed by atoms with van der Waals surface area (Å²) in [6.07, 6.45) is -35.1. The Morgan fingerprint density at radius 2 is 0.935 bits per heavy atom. The topological polar surface area (TPSA) is 27.7 Å². The van der Waals surface area contributed by atoms with Crippen LogP contribution < -0.4 is 4.74 Å². The maximum Gasteiger partial charge on any atom is 0.458 e. The van der Waals surface area contributed by atoms with Gasteiger partial charge in [-0.15, -0.1) is 0 Å². The lowest BCUT2D eigenvalue weighted by Gasteiger charge is -2.39. The fourth-order valence-electron chi connectivity index (χ4n) is 3.96. The third-order valence-corrected chi connectivity index (χ3v) is 6.39. The fourth-order valence-corrected chi connectivity index (χ4v) is 3.96. The molecule has 0 fully saturated rings. The van der Waals surface area contributed by atoms with Gasteiger partial charge in [-0.2, -0.15) is 70.2 Å². The molecule has 0 amide bonds. The maximum atomic E-state index is 14.0. The molecule has 46 heavy (non-hydrogen) atoms. The number of ether oxygens (including phenoxy) is 3. The summed E-state index contributed by atoms with van der Waals surface area (Å²) in [6.45, 7) is -3.11. The number of hydrogen-bond acceptors (Lipinski definition) is 3. The highest BCUT2D eigenvalue weighted by molar-refractivity contribution is 5.64. The normalized spacial score (nSPS) is 14.8. The van der Waals surface area contributed by atoms with E-state index >= 15 is 0 Å². The van der Waals surface area contributed by atoms with Crippen LogP contribution in [0.1, 0.15) is 31.7 Å². The Labute approximate surface area is 250 Å². The summed E-state index contributed by atoms with van der Waals surface area (Å²) in [5.74, 6) is -7.25. The van der Waals surface area contributed by atoms with Crippen LogP contribution in [0.4, 0.5) is 70.2 Å². The molecule has 2 aromatic carbocycles. The largest absolute Gasteiger partial charge is 0.486 e. The smallest absolute Gasteiger partial charge is 0.458 e. The van der Waals surface area contributed by atoms with Gasteiger partial charge in [0.05, 0.1) is 13.2 Å². The van der Waals surface area contributed by atoms with Crippen molar-refractivity contribution in [3.05, 3.63) is 54.1 Å².